The van der Waals surface area contributed by atoms with Gasteiger partial charge in [0, 0.05) is 15.8 Å². The quantitative estimate of drug-likeness (QED) is 0.683. The van der Waals surface area contributed by atoms with Crippen LogP contribution in [0.15, 0.2) is 29.2 Å². The average Bonchev–Trinajstić information content (AvgIpc) is 2.27. The van der Waals surface area contributed by atoms with Gasteiger partial charge in [-0.3, -0.25) is 4.79 Å². The maximum atomic E-state index is 11.9. The number of Topliss-reactive ketones (excluding diaryl/α,β-unsaturated/α-hetero) is 1. The predicted octanol–water partition coefficient (Wildman–Crippen LogP) is 3.75. The van der Waals surface area contributed by atoms with Crippen LogP contribution < -0.4 is 0 Å². The van der Waals surface area contributed by atoms with Gasteiger partial charge in [0.05, 0.1) is 5.75 Å². The van der Waals surface area contributed by atoms with Crippen molar-refractivity contribution in [3.63, 3.8) is 0 Å². The molecule has 1 nitrogen and oxygen atoms in total. The summed E-state index contributed by atoms with van der Waals surface area (Å²) in [7, 11) is 0. The van der Waals surface area contributed by atoms with Crippen LogP contribution in [-0.4, -0.2) is 11.5 Å². The molecule has 0 unspecified atom stereocenters. The van der Waals surface area contributed by atoms with Crippen LogP contribution in [0.2, 0.25) is 0 Å². The molecule has 1 heterocycles. The molecule has 2 aromatic rings. The van der Waals surface area contributed by atoms with Crippen LogP contribution in [0.3, 0.4) is 0 Å². The number of thioether (sulfide) groups is 1. The predicted molar refractivity (Wildman–Crippen MR) is 68.5 cm³/mol. The van der Waals surface area contributed by atoms with E-state index in [4.69, 9.17) is 0 Å². The van der Waals surface area contributed by atoms with E-state index in [0.717, 1.165) is 5.56 Å². The Balaban J connectivity index is 2.55. The molecule has 2 heteroatoms. The molecule has 16 heavy (non-hydrogen) atoms. The van der Waals surface area contributed by atoms with Gasteiger partial charge in [-0.25, -0.2) is 0 Å². The Morgan fingerprint density at radius 2 is 1.81 bits per heavy atom. The van der Waals surface area contributed by atoms with Crippen molar-refractivity contribution in [3.8, 4) is 0 Å². The first-order valence-electron chi connectivity index (χ1n) is 5.37. The molecular weight excluding hydrogens is 216 g/mol. The molecular formula is C14H12OS. The van der Waals surface area contributed by atoms with Crippen LogP contribution >= 0.6 is 11.8 Å². The lowest BCUT2D eigenvalue weighted by Crippen LogP contribution is -2.09. The molecule has 3 rings (SSSR count). The van der Waals surface area contributed by atoms with E-state index in [1.807, 2.05) is 12.1 Å². The summed E-state index contributed by atoms with van der Waals surface area (Å²) < 4.78 is 0. The summed E-state index contributed by atoms with van der Waals surface area (Å²) in [6.45, 7) is 4.21. The molecule has 0 bridgehead atoms. The monoisotopic (exact) mass is 228 g/mol. The van der Waals surface area contributed by atoms with Gasteiger partial charge in [0.25, 0.3) is 0 Å². The fourth-order valence-corrected chi connectivity index (χ4v) is 3.39. The number of rotatable bonds is 0. The molecule has 0 saturated heterocycles. The fraction of sp³-hybridized carbons (Fsp3) is 0.214. The van der Waals surface area contributed by atoms with Crippen molar-refractivity contribution in [3.05, 3.63) is 41.0 Å². The zero-order chi connectivity index (χ0) is 11.3. The molecule has 0 N–H and O–H groups in total. The van der Waals surface area contributed by atoms with Crippen molar-refractivity contribution in [1.82, 2.24) is 0 Å². The van der Waals surface area contributed by atoms with Gasteiger partial charge >= 0.3 is 0 Å². The Kier molecular flexibility index (Phi) is 2.08. The van der Waals surface area contributed by atoms with Crippen LogP contribution in [0, 0.1) is 13.8 Å². The van der Waals surface area contributed by atoms with Crippen LogP contribution in [0.5, 0.6) is 0 Å². The van der Waals surface area contributed by atoms with E-state index in [0.29, 0.717) is 5.75 Å². The van der Waals surface area contributed by atoms with E-state index in [1.165, 1.54) is 26.8 Å². The second kappa shape index (κ2) is 3.36. The zero-order valence-electron chi connectivity index (χ0n) is 9.33. The molecule has 1 aliphatic heterocycles. The van der Waals surface area contributed by atoms with E-state index in [2.05, 4.69) is 26.0 Å². The van der Waals surface area contributed by atoms with E-state index < -0.39 is 0 Å². The number of ketones is 1. The third kappa shape index (κ3) is 1.23. The molecule has 0 saturated carbocycles. The third-order valence-electron chi connectivity index (χ3n) is 3.20. The lowest BCUT2D eigenvalue weighted by Gasteiger charge is -2.18. The second-order valence-electron chi connectivity index (χ2n) is 4.28. The highest BCUT2D eigenvalue weighted by atomic mass is 32.2. The second-order valence-corrected chi connectivity index (χ2v) is 5.26. The zero-order valence-corrected chi connectivity index (χ0v) is 10.1. The molecule has 0 aromatic heterocycles. The molecule has 80 valence electrons. The van der Waals surface area contributed by atoms with Crippen molar-refractivity contribution >= 4 is 28.3 Å². The first kappa shape index (κ1) is 9.91. The Morgan fingerprint density at radius 1 is 1.06 bits per heavy atom. The van der Waals surface area contributed by atoms with Gasteiger partial charge in [-0.05, 0) is 30.4 Å². The smallest absolute Gasteiger partial charge is 0.173 e. The molecule has 0 fully saturated rings. The standard InChI is InChI=1S/C14H12OS/c1-8-3-6-11-12(15)7-16-14-9(2)4-5-10(8)13(11)14/h3-6H,7H2,1-2H3. The van der Waals surface area contributed by atoms with E-state index in [1.54, 1.807) is 11.8 Å². The summed E-state index contributed by atoms with van der Waals surface area (Å²) in [4.78, 5) is 13.2. The molecule has 0 atom stereocenters. The summed E-state index contributed by atoms with van der Waals surface area (Å²) >= 11 is 1.68. The van der Waals surface area contributed by atoms with Gasteiger partial charge in [-0.15, -0.1) is 11.8 Å². The fourth-order valence-electron chi connectivity index (χ4n) is 2.30. The van der Waals surface area contributed by atoms with Crippen LogP contribution in [0.25, 0.3) is 10.8 Å². The SMILES string of the molecule is Cc1ccc2c(C)ccc3c2c1SCC3=O. The first-order valence-corrected chi connectivity index (χ1v) is 6.36. The minimum absolute atomic E-state index is 0.258. The minimum Gasteiger partial charge on any atom is -0.293 e. The topological polar surface area (TPSA) is 17.1 Å². The minimum atomic E-state index is 0.258. The van der Waals surface area contributed by atoms with Crippen molar-refractivity contribution in [2.45, 2.75) is 18.7 Å². The van der Waals surface area contributed by atoms with E-state index >= 15 is 0 Å². The molecule has 0 spiro atoms. The van der Waals surface area contributed by atoms with Gasteiger partial charge in [-0.1, -0.05) is 24.3 Å². The maximum absolute atomic E-state index is 11.9. The van der Waals surface area contributed by atoms with Gasteiger partial charge in [0.15, 0.2) is 5.78 Å². The maximum Gasteiger partial charge on any atom is 0.173 e. The summed E-state index contributed by atoms with van der Waals surface area (Å²) in [5.41, 5.74) is 3.42. The largest absolute Gasteiger partial charge is 0.293 e. The summed E-state index contributed by atoms with van der Waals surface area (Å²) in [6.07, 6.45) is 0. The van der Waals surface area contributed by atoms with Crippen molar-refractivity contribution < 1.29 is 4.79 Å². The van der Waals surface area contributed by atoms with Crippen LogP contribution in [0.1, 0.15) is 21.5 Å². The Labute approximate surface area is 98.9 Å². The molecule has 0 amide bonds. The van der Waals surface area contributed by atoms with E-state index in [-0.39, 0.29) is 5.78 Å². The third-order valence-corrected chi connectivity index (χ3v) is 4.42. The van der Waals surface area contributed by atoms with Gasteiger partial charge < -0.3 is 0 Å². The Morgan fingerprint density at radius 3 is 2.62 bits per heavy atom. The number of carbonyl (C=O) groups excluding carboxylic acids is 1. The summed E-state index contributed by atoms with van der Waals surface area (Å²) in [5.74, 6) is 0.837. The highest BCUT2D eigenvalue weighted by Gasteiger charge is 2.21. The summed E-state index contributed by atoms with van der Waals surface area (Å²) in [6, 6.07) is 8.30. The molecule has 1 aliphatic rings. The van der Waals surface area contributed by atoms with Crippen LogP contribution in [-0.2, 0) is 0 Å². The number of hydrogen-bond donors (Lipinski definition) is 0. The molecule has 0 radical (unpaired) electrons. The highest BCUT2D eigenvalue weighted by Crippen LogP contribution is 2.39. The lowest BCUT2D eigenvalue weighted by atomic mass is 9.96. The first-order chi connectivity index (χ1) is 7.68. The normalized spacial score (nSPS) is 14.5. The van der Waals surface area contributed by atoms with Gasteiger partial charge in [0.1, 0.15) is 0 Å². The van der Waals surface area contributed by atoms with Gasteiger partial charge in [0.2, 0.25) is 0 Å². The van der Waals surface area contributed by atoms with Crippen molar-refractivity contribution in [2.75, 3.05) is 5.75 Å². The lowest BCUT2D eigenvalue weighted by molar-refractivity contribution is 0.102. The molecule has 0 aliphatic carbocycles. The number of carbonyl (C=O) groups is 1. The van der Waals surface area contributed by atoms with Crippen LogP contribution in [0.4, 0.5) is 0 Å². The summed E-state index contributed by atoms with van der Waals surface area (Å²) in [5, 5.41) is 2.39. The number of benzene rings is 2. The van der Waals surface area contributed by atoms with E-state index in [9.17, 15) is 4.79 Å². The molecule has 2 aromatic carbocycles. The number of aryl methyl sites for hydroxylation is 2. The van der Waals surface area contributed by atoms with Gasteiger partial charge in [-0.2, -0.15) is 0 Å². The Hall–Kier alpha value is -1.28. The Bertz CT molecular complexity index is 614. The average molecular weight is 228 g/mol. The highest BCUT2D eigenvalue weighted by molar-refractivity contribution is 8.00. The number of hydrogen-bond acceptors (Lipinski definition) is 2. The van der Waals surface area contributed by atoms with Crippen molar-refractivity contribution in [1.29, 1.82) is 0 Å². The van der Waals surface area contributed by atoms with Crippen molar-refractivity contribution in [2.24, 2.45) is 0 Å².